The number of rotatable bonds is 6. The maximum Gasteiger partial charge on any atom is 0.124 e. The van der Waals surface area contributed by atoms with E-state index >= 15 is 0 Å². The van der Waals surface area contributed by atoms with Crippen molar-refractivity contribution in [3.63, 3.8) is 0 Å². The summed E-state index contributed by atoms with van der Waals surface area (Å²) in [5.41, 5.74) is 9.98. The number of para-hydroxylation sites is 2. The molecule has 0 saturated heterocycles. The molecule has 5 heteroatoms. The number of nitrogens with zero attached hydrogens (tertiary/aromatic N) is 3. The van der Waals surface area contributed by atoms with E-state index in [1.165, 1.54) is 31.3 Å². The van der Waals surface area contributed by atoms with Gasteiger partial charge in [0.2, 0.25) is 0 Å². The van der Waals surface area contributed by atoms with Gasteiger partial charge in [-0.05, 0) is 113 Å². The van der Waals surface area contributed by atoms with Crippen LogP contribution in [0, 0.1) is 0 Å². The summed E-state index contributed by atoms with van der Waals surface area (Å²) in [7, 11) is 0. The van der Waals surface area contributed by atoms with Gasteiger partial charge in [-0.1, -0.05) is 72.8 Å². The van der Waals surface area contributed by atoms with Crippen LogP contribution >= 0.6 is 22.7 Å². The van der Waals surface area contributed by atoms with Crippen LogP contribution in [0.3, 0.4) is 0 Å². The normalized spacial score (nSPS) is 11.4. The summed E-state index contributed by atoms with van der Waals surface area (Å²) in [5, 5.41) is 4.56. The number of thiazole rings is 2. The Labute approximate surface area is 280 Å². The van der Waals surface area contributed by atoms with Crippen LogP contribution in [0.2, 0.25) is 0 Å². The number of aromatic nitrogens is 2. The highest BCUT2D eigenvalue weighted by molar-refractivity contribution is 7.22. The molecule has 0 fully saturated rings. The van der Waals surface area contributed by atoms with Gasteiger partial charge in [0, 0.05) is 28.2 Å². The molecule has 0 atom stereocenters. The van der Waals surface area contributed by atoms with E-state index in [1.807, 2.05) is 12.1 Å². The van der Waals surface area contributed by atoms with E-state index in [9.17, 15) is 0 Å². The highest BCUT2D eigenvalue weighted by Gasteiger charge is 2.15. The third-order valence-electron chi connectivity index (χ3n) is 8.54. The highest BCUT2D eigenvalue weighted by atomic mass is 32.1. The van der Waals surface area contributed by atoms with Gasteiger partial charge < -0.3 is 4.90 Å². The minimum Gasteiger partial charge on any atom is -0.311 e. The summed E-state index contributed by atoms with van der Waals surface area (Å²) in [6.07, 6.45) is 0. The highest BCUT2D eigenvalue weighted by Crippen LogP contribution is 2.39. The van der Waals surface area contributed by atoms with E-state index in [0.29, 0.717) is 0 Å². The summed E-state index contributed by atoms with van der Waals surface area (Å²) in [6.45, 7) is 0. The average molecular weight is 638 g/mol. The van der Waals surface area contributed by atoms with Gasteiger partial charge in [0.15, 0.2) is 0 Å². The zero-order chi connectivity index (χ0) is 31.2. The fourth-order valence-corrected chi connectivity index (χ4v) is 8.06. The van der Waals surface area contributed by atoms with Crippen LogP contribution in [-0.4, -0.2) is 9.97 Å². The van der Waals surface area contributed by atoms with E-state index in [0.717, 1.165) is 49.2 Å². The van der Waals surface area contributed by atoms with Gasteiger partial charge in [-0.25, -0.2) is 9.97 Å². The Bertz CT molecular complexity index is 2330. The molecule has 222 valence electrons. The molecule has 0 aliphatic carbocycles. The largest absolute Gasteiger partial charge is 0.311 e. The predicted molar refractivity (Wildman–Crippen MR) is 201 cm³/mol. The van der Waals surface area contributed by atoms with Crippen molar-refractivity contribution in [2.45, 2.75) is 0 Å². The van der Waals surface area contributed by atoms with E-state index in [2.05, 4.69) is 157 Å². The number of hydrogen-bond donors (Lipinski definition) is 0. The lowest BCUT2D eigenvalue weighted by Crippen LogP contribution is -2.09. The van der Waals surface area contributed by atoms with Crippen molar-refractivity contribution in [3.8, 4) is 32.3 Å². The molecule has 0 radical (unpaired) electrons. The molecular formula is C42H27N3S2. The maximum absolute atomic E-state index is 4.89. The van der Waals surface area contributed by atoms with Crippen LogP contribution in [0.1, 0.15) is 0 Å². The summed E-state index contributed by atoms with van der Waals surface area (Å²) in [4.78, 5) is 12.1. The molecule has 9 aromatic rings. The molecular weight excluding hydrogens is 611 g/mol. The van der Waals surface area contributed by atoms with Gasteiger partial charge in [-0.3, -0.25) is 0 Å². The lowest BCUT2D eigenvalue weighted by molar-refractivity contribution is 1.28. The molecule has 0 aliphatic heterocycles. The second kappa shape index (κ2) is 11.6. The van der Waals surface area contributed by atoms with Crippen LogP contribution in [0.5, 0.6) is 0 Å². The number of hydrogen-bond acceptors (Lipinski definition) is 5. The molecule has 0 aliphatic rings. The Morgan fingerprint density at radius 1 is 0.362 bits per heavy atom. The lowest BCUT2D eigenvalue weighted by Gasteiger charge is -2.26. The zero-order valence-corrected chi connectivity index (χ0v) is 26.9. The van der Waals surface area contributed by atoms with Crippen molar-refractivity contribution in [1.29, 1.82) is 0 Å². The van der Waals surface area contributed by atoms with Gasteiger partial charge >= 0.3 is 0 Å². The average Bonchev–Trinajstić information content (AvgIpc) is 3.78. The first kappa shape index (κ1) is 27.7. The fourth-order valence-electron chi connectivity index (χ4n) is 6.12. The van der Waals surface area contributed by atoms with Crippen LogP contribution < -0.4 is 4.90 Å². The van der Waals surface area contributed by atoms with Crippen LogP contribution in [0.15, 0.2) is 164 Å². The van der Waals surface area contributed by atoms with Crippen molar-refractivity contribution >= 4 is 70.9 Å². The molecule has 47 heavy (non-hydrogen) atoms. The Kier molecular flexibility index (Phi) is 6.85. The third-order valence-corrected chi connectivity index (χ3v) is 10.7. The quantitative estimate of drug-likeness (QED) is 0.182. The number of fused-ring (bicyclic) bond motifs is 3. The van der Waals surface area contributed by atoms with Crippen LogP contribution in [-0.2, 0) is 0 Å². The lowest BCUT2D eigenvalue weighted by atomic mass is 10.0. The number of anilines is 3. The third kappa shape index (κ3) is 5.26. The Balaban J connectivity index is 1.09. The molecule has 0 amide bonds. The number of benzene rings is 7. The van der Waals surface area contributed by atoms with Crippen molar-refractivity contribution in [1.82, 2.24) is 9.97 Å². The van der Waals surface area contributed by atoms with Gasteiger partial charge in [-0.2, -0.15) is 0 Å². The Morgan fingerprint density at radius 2 is 0.787 bits per heavy atom. The maximum atomic E-state index is 4.89. The zero-order valence-electron chi connectivity index (χ0n) is 25.2. The molecule has 2 aromatic heterocycles. The first-order chi connectivity index (χ1) is 23.2. The van der Waals surface area contributed by atoms with Crippen molar-refractivity contribution in [3.05, 3.63) is 164 Å². The smallest absolute Gasteiger partial charge is 0.124 e. The standard InChI is InChI=1S/C42H27N3S2/c1-2-8-32-27-33(14-13-28(32)7-1)29-15-21-34(22-16-29)45(35-23-17-30(18-24-35)41-43-37-9-3-5-11-39(37)46-41)36-25-19-31(20-26-36)42-44-38-10-4-6-12-40(38)47-42/h1-27H. The molecule has 7 aromatic carbocycles. The topological polar surface area (TPSA) is 29.0 Å². The molecule has 0 bridgehead atoms. The SMILES string of the molecule is c1ccc2cc(-c3ccc(N(c4ccc(-c5nc6ccccc6s5)cc4)c4ccc(-c5nc6ccccc6s5)cc4)cc3)ccc2c1. The van der Waals surface area contributed by atoms with Gasteiger partial charge in [-0.15, -0.1) is 22.7 Å². The summed E-state index contributed by atoms with van der Waals surface area (Å²) >= 11 is 3.46. The Morgan fingerprint density at radius 3 is 1.30 bits per heavy atom. The molecule has 0 N–H and O–H groups in total. The van der Waals surface area contributed by atoms with E-state index < -0.39 is 0 Å². The van der Waals surface area contributed by atoms with Gasteiger partial charge in [0.1, 0.15) is 10.0 Å². The van der Waals surface area contributed by atoms with Crippen molar-refractivity contribution in [2.75, 3.05) is 4.90 Å². The first-order valence-electron chi connectivity index (χ1n) is 15.6. The molecule has 9 rings (SSSR count). The summed E-state index contributed by atoms with van der Waals surface area (Å²) < 4.78 is 2.40. The minimum absolute atomic E-state index is 1.03. The van der Waals surface area contributed by atoms with Crippen LogP contribution in [0.4, 0.5) is 17.1 Å². The van der Waals surface area contributed by atoms with Crippen molar-refractivity contribution < 1.29 is 0 Å². The fraction of sp³-hybridized carbons (Fsp3) is 0. The second-order valence-corrected chi connectivity index (χ2v) is 13.6. The molecule has 3 nitrogen and oxygen atoms in total. The van der Waals surface area contributed by atoms with E-state index in [1.54, 1.807) is 22.7 Å². The second-order valence-electron chi connectivity index (χ2n) is 11.5. The Hall–Kier alpha value is -5.62. The predicted octanol–water partition coefficient (Wildman–Crippen LogP) is 12.5. The summed E-state index contributed by atoms with van der Waals surface area (Å²) in [5.74, 6) is 0. The van der Waals surface area contributed by atoms with E-state index in [4.69, 9.17) is 9.97 Å². The van der Waals surface area contributed by atoms with Gasteiger partial charge in [0.05, 0.1) is 20.4 Å². The summed E-state index contributed by atoms with van der Waals surface area (Å²) in [6, 6.07) is 58.2. The monoisotopic (exact) mass is 637 g/mol. The minimum atomic E-state index is 1.03. The van der Waals surface area contributed by atoms with Crippen molar-refractivity contribution in [2.24, 2.45) is 0 Å². The molecule has 2 heterocycles. The van der Waals surface area contributed by atoms with E-state index in [-0.39, 0.29) is 0 Å². The van der Waals surface area contributed by atoms with Gasteiger partial charge in [0.25, 0.3) is 0 Å². The molecule has 0 spiro atoms. The molecule has 0 unspecified atom stereocenters. The molecule has 0 saturated carbocycles. The first-order valence-corrected chi connectivity index (χ1v) is 17.2. The van der Waals surface area contributed by atoms with Crippen LogP contribution in [0.25, 0.3) is 63.5 Å².